The van der Waals surface area contributed by atoms with Crippen LogP contribution in [0.5, 0.6) is 0 Å². The predicted octanol–water partition coefficient (Wildman–Crippen LogP) is 5.56. The molecule has 21 heavy (non-hydrogen) atoms. The van der Waals surface area contributed by atoms with E-state index in [1.165, 1.54) is 0 Å². The van der Waals surface area contributed by atoms with Crippen molar-refractivity contribution < 1.29 is 18.4 Å². The molecule has 0 aliphatic carbocycles. The highest BCUT2D eigenvalue weighted by molar-refractivity contribution is 7.71. The zero-order valence-corrected chi connectivity index (χ0v) is 15.1. The molecule has 5 heteroatoms. The molecule has 0 aliphatic rings. The summed E-state index contributed by atoms with van der Waals surface area (Å²) >= 11 is 0. The summed E-state index contributed by atoms with van der Waals surface area (Å²) in [5.41, 5.74) is -0.314. The summed E-state index contributed by atoms with van der Waals surface area (Å²) in [5.74, 6) is -0.209. The van der Waals surface area contributed by atoms with Gasteiger partial charge in [0.05, 0.1) is 13.2 Å². The lowest BCUT2D eigenvalue weighted by atomic mass is 10.0. The molecule has 0 saturated carbocycles. The first kappa shape index (κ1) is 20.8. The maximum atomic E-state index is 12.8. The van der Waals surface area contributed by atoms with Crippen molar-refractivity contribution in [1.29, 1.82) is 0 Å². The number of unbranched alkanes of at least 4 members (excludes halogenated alkanes) is 3. The lowest BCUT2D eigenvalue weighted by molar-refractivity contribution is -0.117. The third-order valence-corrected chi connectivity index (χ3v) is 5.49. The van der Waals surface area contributed by atoms with E-state index in [1.807, 2.05) is 20.8 Å². The fraction of sp³-hybridized carbons (Fsp3) is 0.938. The summed E-state index contributed by atoms with van der Waals surface area (Å²) in [6.45, 7) is 8.77. The van der Waals surface area contributed by atoms with Gasteiger partial charge < -0.3 is 9.05 Å². The minimum atomic E-state index is -3.62. The molecule has 126 valence electrons. The van der Waals surface area contributed by atoms with Crippen LogP contribution in [0.25, 0.3) is 0 Å². The largest absolute Gasteiger partial charge is 0.396 e. The smallest absolute Gasteiger partial charge is 0.303 e. The third kappa shape index (κ3) is 8.13. The van der Waals surface area contributed by atoms with E-state index in [1.54, 1.807) is 0 Å². The molecule has 0 aliphatic heterocycles. The second-order valence-corrected chi connectivity index (χ2v) is 7.41. The molecule has 0 radical (unpaired) electrons. The topological polar surface area (TPSA) is 52.6 Å². The molecular weight excluding hydrogens is 287 g/mol. The fourth-order valence-electron chi connectivity index (χ4n) is 2.00. The molecule has 1 atom stereocenters. The zero-order valence-electron chi connectivity index (χ0n) is 14.2. The Morgan fingerprint density at radius 2 is 1.38 bits per heavy atom. The molecule has 0 amide bonds. The summed E-state index contributed by atoms with van der Waals surface area (Å²) in [6, 6.07) is 0. The summed E-state index contributed by atoms with van der Waals surface area (Å²) < 4.78 is 23.7. The van der Waals surface area contributed by atoms with Gasteiger partial charge in [-0.15, -0.1) is 0 Å². The Hall–Kier alpha value is -0.180. The molecule has 0 aromatic rings. The van der Waals surface area contributed by atoms with Crippen LogP contribution in [-0.2, 0) is 18.4 Å². The Bertz CT molecular complexity index is 303. The van der Waals surface area contributed by atoms with E-state index in [0.29, 0.717) is 19.6 Å². The Morgan fingerprint density at radius 3 is 1.76 bits per heavy atom. The highest BCUT2D eigenvalue weighted by Crippen LogP contribution is 2.52. The van der Waals surface area contributed by atoms with Gasteiger partial charge in [-0.1, -0.05) is 53.4 Å². The Labute approximate surface area is 130 Å². The molecule has 0 N–H and O–H groups in total. The first-order valence-electron chi connectivity index (χ1n) is 8.49. The number of carbonyl (C=O) groups excluding carboxylic acids is 1. The van der Waals surface area contributed by atoms with Crippen LogP contribution in [0.15, 0.2) is 0 Å². The molecule has 0 bridgehead atoms. The van der Waals surface area contributed by atoms with Crippen molar-refractivity contribution in [2.45, 2.75) is 79.1 Å². The van der Waals surface area contributed by atoms with E-state index in [2.05, 4.69) is 6.92 Å². The zero-order chi connectivity index (χ0) is 16.1. The van der Waals surface area contributed by atoms with Gasteiger partial charge in [-0.05, 0) is 25.7 Å². The van der Waals surface area contributed by atoms with E-state index < -0.39 is 7.60 Å². The van der Waals surface area contributed by atoms with Crippen LogP contribution in [0, 0.1) is 5.92 Å². The van der Waals surface area contributed by atoms with E-state index in [0.717, 1.165) is 44.9 Å². The minimum absolute atomic E-state index is 0.209. The van der Waals surface area contributed by atoms with Crippen molar-refractivity contribution >= 4 is 13.1 Å². The highest BCUT2D eigenvalue weighted by Gasteiger charge is 2.38. The molecule has 0 aromatic heterocycles. The maximum absolute atomic E-state index is 12.8. The van der Waals surface area contributed by atoms with Gasteiger partial charge in [0.25, 0.3) is 0 Å². The lowest BCUT2D eigenvalue weighted by Gasteiger charge is -2.21. The highest BCUT2D eigenvalue weighted by atomic mass is 31.2. The van der Waals surface area contributed by atoms with Gasteiger partial charge in [0.15, 0.2) is 0 Å². The first-order valence-corrected chi connectivity index (χ1v) is 10.0. The van der Waals surface area contributed by atoms with Crippen molar-refractivity contribution in [3.8, 4) is 0 Å². The number of rotatable bonds is 14. The van der Waals surface area contributed by atoms with Crippen LogP contribution in [0.4, 0.5) is 0 Å². The number of hydrogen-bond acceptors (Lipinski definition) is 4. The molecule has 0 saturated heterocycles. The second kappa shape index (κ2) is 12.4. The second-order valence-electron chi connectivity index (χ2n) is 5.46. The van der Waals surface area contributed by atoms with E-state index in [4.69, 9.17) is 9.05 Å². The summed E-state index contributed by atoms with van der Waals surface area (Å²) in [6.07, 6.45) is 6.92. The molecular formula is C16H33O4P. The minimum Gasteiger partial charge on any atom is -0.303 e. The van der Waals surface area contributed by atoms with Gasteiger partial charge >= 0.3 is 7.60 Å². The van der Waals surface area contributed by atoms with Crippen LogP contribution in [-0.4, -0.2) is 18.7 Å². The van der Waals surface area contributed by atoms with Gasteiger partial charge in [-0.2, -0.15) is 0 Å². The van der Waals surface area contributed by atoms with Crippen molar-refractivity contribution in [2.75, 3.05) is 13.2 Å². The van der Waals surface area contributed by atoms with Crippen LogP contribution in [0.3, 0.4) is 0 Å². The maximum Gasteiger partial charge on any atom is 0.396 e. The molecule has 0 spiro atoms. The van der Waals surface area contributed by atoms with Gasteiger partial charge in [0.1, 0.15) is 0 Å². The van der Waals surface area contributed by atoms with Gasteiger partial charge in [-0.25, -0.2) is 0 Å². The molecule has 0 rings (SSSR count). The first-order chi connectivity index (χ1) is 10.1. The van der Waals surface area contributed by atoms with Crippen LogP contribution < -0.4 is 0 Å². The normalized spacial score (nSPS) is 13.3. The quantitative estimate of drug-likeness (QED) is 0.311. The molecule has 0 aromatic carbocycles. The van der Waals surface area contributed by atoms with E-state index >= 15 is 0 Å². The molecule has 4 nitrogen and oxygen atoms in total. The van der Waals surface area contributed by atoms with Crippen LogP contribution in [0.2, 0.25) is 0 Å². The van der Waals surface area contributed by atoms with Gasteiger partial charge in [0, 0.05) is 5.92 Å². The Kier molecular flexibility index (Phi) is 12.3. The van der Waals surface area contributed by atoms with E-state index in [-0.39, 0.29) is 11.4 Å². The summed E-state index contributed by atoms with van der Waals surface area (Å²) in [4.78, 5) is 12.6. The molecule has 0 heterocycles. The summed E-state index contributed by atoms with van der Waals surface area (Å²) in [7, 11) is -3.62. The van der Waals surface area contributed by atoms with Crippen LogP contribution >= 0.6 is 7.60 Å². The SMILES string of the molecule is CCCCOP(=O)(OCCCC)C(=O)C(CC)CCCC. The number of hydrogen-bond donors (Lipinski definition) is 0. The van der Waals surface area contributed by atoms with Crippen molar-refractivity contribution in [3.63, 3.8) is 0 Å². The standard InChI is InChI=1S/C16H33O4P/c1-5-9-12-15(8-4)16(17)21(18,19-13-10-6-2)20-14-11-7-3/h15H,5-14H2,1-4H3. The third-order valence-electron chi connectivity index (χ3n) is 3.54. The molecule has 0 fully saturated rings. The van der Waals surface area contributed by atoms with Crippen molar-refractivity contribution in [2.24, 2.45) is 5.92 Å². The fourth-order valence-corrected chi connectivity index (χ4v) is 3.83. The van der Waals surface area contributed by atoms with Gasteiger partial charge in [-0.3, -0.25) is 9.36 Å². The predicted molar refractivity (Wildman–Crippen MR) is 87.6 cm³/mol. The van der Waals surface area contributed by atoms with Crippen molar-refractivity contribution in [1.82, 2.24) is 0 Å². The Morgan fingerprint density at radius 1 is 0.905 bits per heavy atom. The van der Waals surface area contributed by atoms with Crippen molar-refractivity contribution in [3.05, 3.63) is 0 Å². The monoisotopic (exact) mass is 320 g/mol. The van der Waals surface area contributed by atoms with Gasteiger partial charge in [0.2, 0.25) is 5.52 Å². The summed E-state index contributed by atoms with van der Waals surface area (Å²) in [5, 5.41) is 0. The van der Waals surface area contributed by atoms with Crippen LogP contribution in [0.1, 0.15) is 79.1 Å². The lowest BCUT2D eigenvalue weighted by Crippen LogP contribution is -2.18. The molecule has 1 unspecified atom stereocenters. The average molecular weight is 320 g/mol. The number of carbonyl (C=O) groups is 1. The van der Waals surface area contributed by atoms with E-state index in [9.17, 15) is 9.36 Å². The average Bonchev–Trinajstić information content (AvgIpc) is 2.48. The Balaban J connectivity index is 4.79.